The number of hydrogen-bond acceptors (Lipinski definition) is 3. The predicted molar refractivity (Wildman–Crippen MR) is 54.7 cm³/mol. The normalized spacial score (nSPS) is 26.7. The zero-order chi connectivity index (χ0) is 10.8. The van der Waals surface area contributed by atoms with Crippen molar-refractivity contribution in [3.8, 4) is 0 Å². The SMILES string of the molecule is CCCC(C)(O)CN1CCC(N)C1=O. The van der Waals surface area contributed by atoms with Crippen LogP contribution in [0.3, 0.4) is 0 Å². The molecule has 0 radical (unpaired) electrons. The van der Waals surface area contributed by atoms with Crippen LogP contribution in [0, 0.1) is 0 Å². The van der Waals surface area contributed by atoms with E-state index in [0.717, 1.165) is 6.42 Å². The fraction of sp³-hybridized carbons (Fsp3) is 0.900. The maximum Gasteiger partial charge on any atom is 0.239 e. The highest BCUT2D eigenvalue weighted by molar-refractivity contribution is 5.83. The van der Waals surface area contributed by atoms with Crippen LogP contribution in [0.15, 0.2) is 0 Å². The number of rotatable bonds is 4. The van der Waals surface area contributed by atoms with Crippen LogP contribution >= 0.6 is 0 Å². The third kappa shape index (κ3) is 2.69. The van der Waals surface area contributed by atoms with Crippen molar-refractivity contribution < 1.29 is 9.90 Å². The van der Waals surface area contributed by atoms with Crippen LogP contribution in [0.1, 0.15) is 33.1 Å². The van der Waals surface area contributed by atoms with Crippen molar-refractivity contribution in [1.82, 2.24) is 4.90 Å². The summed E-state index contributed by atoms with van der Waals surface area (Å²) in [6.45, 7) is 4.88. The van der Waals surface area contributed by atoms with E-state index < -0.39 is 5.60 Å². The molecule has 1 fully saturated rings. The number of β-amino-alcohol motifs (C(OH)–C–C–N with tert-alkyl or cyclic N) is 1. The highest BCUT2D eigenvalue weighted by Crippen LogP contribution is 2.17. The van der Waals surface area contributed by atoms with Gasteiger partial charge in [-0.2, -0.15) is 0 Å². The van der Waals surface area contributed by atoms with Gasteiger partial charge in [-0.05, 0) is 19.8 Å². The van der Waals surface area contributed by atoms with E-state index in [1.54, 1.807) is 11.8 Å². The van der Waals surface area contributed by atoms with Crippen LogP contribution in [0.5, 0.6) is 0 Å². The lowest BCUT2D eigenvalue weighted by Gasteiger charge is -2.28. The second-order valence-electron chi connectivity index (χ2n) is 4.40. The van der Waals surface area contributed by atoms with Gasteiger partial charge in [0.1, 0.15) is 0 Å². The molecule has 1 rings (SSSR count). The Bertz CT molecular complexity index is 216. The van der Waals surface area contributed by atoms with Crippen LogP contribution in [-0.4, -0.2) is 40.6 Å². The van der Waals surface area contributed by atoms with Gasteiger partial charge in [0.05, 0.1) is 11.6 Å². The molecule has 14 heavy (non-hydrogen) atoms. The van der Waals surface area contributed by atoms with E-state index >= 15 is 0 Å². The number of likely N-dealkylation sites (tertiary alicyclic amines) is 1. The molecular formula is C10H20N2O2. The Morgan fingerprint density at radius 1 is 1.71 bits per heavy atom. The molecule has 82 valence electrons. The monoisotopic (exact) mass is 200 g/mol. The molecule has 2 unspecified atom stereocenters. The first-order valence-corrected chi connectivity index (χ1v) is 5.23. The molecule has 0 aromatic heterocycles. The van der Waals surface area contributed by atoms with E-state index in [4.69, 9.17) is 5.73 Å². The summed E-state index contributed by atoms with van der Waals surface area (Å²) in [5.74, 6) is -0.0265. The van der Waals surface area contributed by atoms with Gasteiger partial charge < -0.3 is 15.7 Å². The van der Waals surface area contributed by atoms with E-state index in [1.807, 2.05) is 6.92 Å². The summed E-state index contributed by atoms with van der Waals surface area (Å²) in [4.78, 5) is 13.1. The molecule has 0 saturated carbocycles. The number of carbonyl (C=O) groups excluding carboxylic acids is 1. The molecule has 0 bridgehead atoms. The van der Waals surface area contributed by atoms with E-state index in [0.29, 0.717) is 25.9 Å². The lowest BCUT2D eigenvalue weighted by Crippen LogP contribution is -2.43. The van der Waals surface area contributed by atoms with Gasteiger partial charge in [0.2, 0.25) is 5.91 Å². The Morgan fingerprint density at radius 2 is 2.36 bits per heavy atom. The largest absolute Gasteiger partial charge is 0.388 e. The summed E-state index contributed by atoms with van der Waals surface area (Å²) < 4.78 is 0. The smallest absolute Gasteiger partial charge is 0.239 e. The molecule has 0 aromatic carbocycles. The third-order valence-electron chi connectivity index (χ3n) is 2.66. The van der Waals surface area contributed by atoms with Crippen LogP contribution < -0.4 is 5.73 Å². The molecule has 1 heterocycles. The average molecular weight is 200 g/mol. The lowest BCUT2D eigenvalue weighted by atomic mass is 10.0. The average Bonchev–Trinajstić information content (AvgIpc) is 2.35. The van der Waals surface area contributed by atoms with Gasteiger partial charge in [0.15, 0.2) is 0 Å². The minimum Gasteiger partial charge on any atom is -0.388 e. The van der Waals surface area contributed by atoms with Crippen molar-refractivity contribution in [3.05, 3.63) is 0 Å². The van der Waals surface area contributed by atoms with Gasteiger partial charge in [-0.25, -0.2) is 0 Å². The maximum atomic E-state index is 11.5. The molecule has 0 aromatic rings. The first-order valence-electron chi connectivity index (χ1n) is 5.23. The Hall–Kier alpha value is -0.610. The van der Waals surface area contributed by atoms with Crippen molar-refractivity contribution in [1.29, 1.82) is 0 Å². The Balaban J connectivity index is 2.48. The maximum absolute atomic E-state index is 11.5. The van der Waals surface area contributed by atoms with E-state index in [2.05, 4.69) is 0 Å². The molecular weight excluding hydrogens is 180 g/mol. The number of amides is 1. The summed E-state index contributed by atoms with van der Waals surface area (Å²) in [7, 11) is 0. The minimum absolute atomic E-state index is 0.0265. The fourth-order valence-corrected chi connectivity index (χ4v) is 1.95. The zero-order valence-electron chi connectivity index (χ0n) is 8.99. The van der Waals surface area contributed by atoms with Crippen molar-refractivity contribution in [3.63, 3.8) is 0 Å². The van der Waals surface area contributed by atoms with Crippen LogP contribution in [-0.2, 0) is 4.79 Å². The van der Waals surface area contributed by atoms with Crippen LogP contribution in [0.4, 0.5) is 0 Å². The lowest BCUT2D eigenvalue weighted by molar-refractivity contribution is -0.131. The fourth-order valence-electron chi connectivity index (χ4n) is 1.95. The van der Waals surface area contributed by atoms with Crippen LogP contribution in [0.25, 0.3) is 0 Å². The van der Waals surface area contributed by atoms with Gasteiger partial charge in [-0.1, -0.05) is 13.3 Å². The predicted octanol–water partition coefficient (Wildman–Crippen LogP) is 0.0971. The van der Waals surface area contributed by atoms with E-state index in [1.165, 1.54) is 0 Å². The Labute approximate surface area is 85.1 Å². The van der Waals surface area contributed by atoms with Gasteiger partial charge in [0, 0.05) is 13.1 Å². The third-order valence-corrected chi connectivity index (χ3v) is 2.66. The van der Waals surface area contributed by atoms with Gasteiger partial charge in [-0.15, -0.1) is 0 Å². The first kappa shape index (κ1) is 11.5. The molecule has 4 nitrogen and oxygen atoms in total. The zero-order valence-corrected chi connectivity index (χ0v) is 8.99. The van der Waals surface area contributed by atoms with E-state index in [-0.39, 0.29) is 11.9 Å². The van der Waals surface area contributed by atoms with Gasteiger partial charge >= 0.3 is 0 Å². The molecule has 1 saturated heterocycles. The number of nitrogens with zero attached hydrogens (tertiary/aromatic N) is 1. The first-order chi connectivity index (χ1) is 6.46. The molecule has 0 aliphatic carbocycles. The number of nitrogens with two attached hydrogens (primary N) is 1. The molecule has 0 spiro atoms. The molecule has 4 heteroatoms. The Morgan fingerprint density at radius 3 is 2.79 bits per heavy atom. The number of carbonyl (C=O) groups is 1. The summed E-state index contributed by atoms with van der Waals surface area (Å²) in [5.41, 5.74) is 4.82. The van der Waals surface area contributed by atoms with Crippen molar-refractivity contribution >= 4 is 5.91 Å². The van der Waals surface area contributed by atoms with Crippen molar-refractivity contribution in [2.24, 2.45) is 5.73 Å². The summed E-state index contributed by atoms with van der Waals surface area (Å²) in [6.07, 6.45) is 2.34. The van der Waals surface area contributed by atoms with Crippen LogP contribution in [0.2, 0.25) is 0 Å². The number of aliphatic hydroxyl groups is 1. The molecule has 1 aliphatic heterocycles. The minimum atomic E-state index is -0.769. The van der Waals surface area contributed by atoms with E-state index in [9.17, 15) is 9.90 Å². The molecule has 2 atom stereocenters. The second kappa shape index (κ2) is 4.28. The summed E-state index contributed by atoms with van der Waals surface area (Å²) in [6, 6.07) is -0.354. The second-order valence-corrected chi connectivity index (χ2v) is 4.40. The van der Waals surface area contributed by atoms with Gasteiger partial charge in [-0.3, -0.25) is 4.79 Å². The molecule has 3 N–H and O–H groups in total. The quantitative estimate of drug-likeness (QED) is 0.676. The summed E-state index contributed by atoms with van der Waals surface area (Å²) in [5, 5.41) is 9.94. The number of hydrogen-bond donors (Lipinski definition) is 2. The highest BCUT2D eigenvalue weighted by Gasteiger charge is 2.33. The summed E-state index contributed by atoms with van der Waals surface area (Å²) >= 11 is 0. The molecule has 1 aliphatic rings. The van der Waals surface area contributed by atoms with Crippen molar-refractivity contribution in [2.75, 3.05) is 13.1 Å². The standard InChI is InChI=1S/C10H20N2O2/c1-3-5-10(2,14)7-12-6-4-8(11)9(12)13/h8,14H,3-7,11H2,1-2H3. The van der Waals surface area contributed by atoms with Crippen molar-refractivity contribution in [2.45, 2.75) is 44.8 Å². The Kier molecular flexibility index (Phi) is 3.50. The van der Waals surface area contributed by atoms with Gasteiger partial charge in [0.25, 0.3) is 0 Å². The topological polar surface area (TPSA) is 66.6 Å². The molecule has 1 amide bonds. The highest BCUT2D eigenvalue weighted by atomic mass is 16.3.